The summed E-state index contributed by atoms with van der Waals surface area (Å²) in [5.41, 5.74) is 1.06. The summed E-state index contributed by atoms with van der Waals surface area (Å²) in [5, 5.41) is 6.52. The molecule has 0 spiro atoms. The summed E-state index contributed by atoms with van der Waals surface area (Å²) in [6.45, 7) is 4.97. The van der Waals surface area contributed by atoms with Crippen molar-refractivity contribution in [2.24, 2.45) is 0 Å². The van der Waals surface area contributed by atoms with Gasteiger partial charge in [-0.05, 0) is 25.5 Å². The SMILES string of the molecule is CCCOc1cccc(NC(C)c2nccs2)c1. The fourth-order valence-corrected chi connectivity index (χ4v) is 2.30. The van der Waals surface area contributed by atoms with E-state index < -0.39 is 0 Å². The van der Waals surface area contributed by atoms with Gasteiger partial charge >= 0.3 is 0 Å². The number of aromatic nitrogens is 1. The molecule has 2 rings (SSSR count). The van der Waals surface area contributed by atoms with Gasteiger partial charge in [0.05, 0.1) is 12.6 Å². The number of nitrogens with one attached hydrogen (secondary N) is 1. The quantitative estimate of drug-likeness (QED) is 0.851. The smallest absolute Gasteiger partial charge is 0.121 e. The average Bonchev–Trinajstić information content (AvgIpc) is 2.91. The molecule has 0 aliphatic heterocycles. The van der Waals surface area contributed by atoms with Crippen molar-refractivity contribution in [1.29, 1.82) is 0 Å². The molecular formula is C14H18N2OS. The van der Waals surface area contributed by atoms with E-state index >= 15 is 0 Å². The van der Waals surface area contributed by atoms with E-state index in [0.717, 1.165) is 29.5 Å². The molecule has 4 heteroatoms. The molecule has 1 unspecified atom stereocenters. The number of ether oxygens (including phenoxy) is 1. The molecule has 0 aliphatic carbocycles. The molecular weight excluding hydrogens is 244 g/mol. The van der Waals surface area contributed by atoms with Gasteiger partial charge in [0.25, 0.3) is 0 Å². The van der Waals surface area contributed by atoms with Crippen molar-refractivity contribution in [3.8, 4) is 5.75 Å². The Kier molecular flexibility index (Phi) is 4.59. The van der Waals surface area contributed by atoms with Crippen LogP contribution < -0.4 is 10.1 Å². The molecule has 1 heterocycles. The predicted octanol–water partition coefficient (Wildman–Crippen LogP) is 4.11. The molecule has 1 N–H and O–H groups in total. The highest BCUT2D eigenvalue weighted by Gasteiger charge is 2.07. The molecule has 1 aromatic heterocycles. The maximum Gasteiger partial charge on any atom is 0.121 e. The number of hydrogen-bond acceptors (Lipinski definition) is 4. The summed E-state index contributed by atoms with van der Waals surface area (Å²) < 4.78 is 5.62. The Hall–Kier alpha value is -1.55. The highest BCUT2D eigenvalue weighted by Crippen LogP contribution is 2.23. The number of rotatable bonds is 6. The second-order valence-electron chi connectivity index (χ2n) is 4.11. The molecule has 0 saturated carbocycles. The maximum absolute atomic E-state index is 5.62. The molecule has 0 fully saturated rings. The van der Waals surface area contributed by atoms with E-state index in [9.17, 15) is 0 Å². The monoisotopic (exact) mass is 262 g/mol. The van der Waals surface area contributed by atoms with Crippen LogP contribution in [0.2, 0.25) is 0 Å². The molecule has 0 saturated heterocycles. The molecule has 2 aromatic rings. The van der Waals surface area contributed by atoms with Crippen LogP contribution in [0.1, 0.15) is 31.3 Å². The van der Waals surface area contributed by atoms with Crippen molar-refractivity contribution in [1.82, 2.24) is 4.98 Å². The van der Waals surface area contributed by atoms with Crippen LogP contribution >= 0.6 is 11.3 Å². The van der Waals surface area contributed by atoms with Gasteiger partial charge in [0.15, 0.2) is 0 Å². The first-order chi connectivity index (χ1) is 8.79. The third-order valence-electron chi connectivity index (χ3n) is 2.51. The van der Waals surface area contributed by atoms with Gasteiger partial charge in [-0.3, -0.25) is 0 Å². The Labute approximate surface area is 112 Å². The minimum absolute atomic E-state index is 0.214. The van der Waals surface area contributed by atoms with E-state index in [1.54, 1.807) is 11.3 Å². The topological polar surface area (TPSA) is 34.1 Å². The predicted molar refractivity (Wildman–Crippen MR) is 76.4 cm³/mol. The fraction of sp³-hybridized carbons (Fsp3) is 0.357. The van der Waals surface area contributed by atoms with Crippen molar-refractivity contribution in [2.45, 2.75) is 26.3 Å². The largest absolute Gasteiger partial charge is 0.494 e. The second-order valence-corrected chi connectivity index (χ2v) is 5.04. The third-order valence-corrected chi connectivity index (χ3v) is 3.47. The minimum atomic E-state index is 0.214. The van der Waals surface area contributed by atoms with Crippen LogP contribution in [0, 0.1) is 0 Å². The molecule has 18 heavy (non-hydrogen) atoms. The lowest BCUT2D eigenvalue weighted by molar-refractivity contribution is 0.317. The maximum atomic E-state index is 5.62. The van der Waals surface area contributed by atoms with Gasteiger partial charge < -0.3 is 10.1 Å². The molecule has 0 bridgehead atoms. The third kappa shape index (κ3) is 3.47. The molecule has 3 nitrogen and oxygen atoms in total. The first kappa shape index (κ1) is 12.9. The van der Waals surface area contributed by atoms with Crippen LogP contribution in [0.25, 0.3) is 0 Å². The van der Waals surface area contributed by atoms with Crippen molar-refractivity contribution in [3.63, 3.8) is 0 Å². The van der Waals surface area contributed by atoms with E-state index in [-0.39, 0.29) is 6.04 Å². The molecule has 0 amide bonds. The Morgan fingerprint density at radius 2 is 2.33 bits per heavy atom. The van der Waals surface area contributed by atoms with E-state index in [2.05, 4.69) is 24.1 Å². The van der Waals surface area contributed by atoms with Crippen LogP contribution in [0.5, 0.6) is 5.75 Å². The number of thiazole rings is 1. The first-order valence-electron chi connectivity index (χ1n) is 6.18. The summed E-state index contributed by atoms with van der Waals surface area (Å²) in [7, 11) is 0. The molecule has 0 radical (unpaired) electrons. The lowest BCUT2D eigenvalue weighted by atomic mass is 10.2. The van der Waals surface area contributed by atoms with Crippen molar-refractivity contribution < 1.29 is 4.74 Å². The standard InChI is InChI=1S/C14H18N2OS/c1-3-8-17-13-6-4-5-12(10-13)16-11(2)14-15-7-9-18-14/h4-7,9-11,16H,3,8H2,1-2H3. The number of benzene rings is 1. The zero-order valence-corrected chi connectivity index (χ0v) is 11.5. The zero-order chi connectivity index (χ0) is 12.8. The van der Waals surface area contributed by atoms with Gasteiger partial charge in [0, 0.05) is 23.3 Å². The van der Waals surface area contributed by atoms with Gasteiger partial charge in [0.2, 0.25) is 0 Å². The lowest BCUT2D eigenvalue weighted by Gasteiger charge is -2.13. The second kappa shape index (κ2) is 6.40. The average molecular weight is 262 g/mol. The Morgan fingerprint density at radius 3 is 3.06 bits per heavy atom. The Morgan fingerprint density at radius 1 is 1.44 bits per heavy atom. The number of nitrogens with zero attached hydrogens (tertiary/aromatic N) is 1. The molecule has 96 valence electrons. The number of hydrogen-bond donors (Lipinski definition) is 1. The lowest BCUT2D eigenvalue weighted by Crippen LogP contribution is -2.06. The van der Waals surface area contributed by atoms with Crippen LogP contribution in [-0.4, -0.2) is 11.6 Å². The number of anilines is 1. The summed E-state index contributed by atoms with van der Waals surface area (Å²) in [5.74, 6) is 0.910. The van der Waals surface area contributed by atoms with Gasteiger partial charge in [-0.15, -0.1) is 11.3 Å². The fourth-order valence-electron chi connectivity index (χ4n) is 1.66. The molecule has 1 atom stereocenters. The van der Waals surface area contributed by atoms with Gasteiger partial charge in [-0.25, -0.2) is 4.98 Å². The minimum Gasteiger partial charge on any atom is -0.494 e. The van der Waals surface area contributed by atoms with Gasteiger partial charge in [-0.1, -0.05) is 13.0 Å². The highest BCUT2D eigenvalue weighted by molar-refractivity contribution is 7.09. The van der Waals surface area contributed by atoms with Crippen LogP contribution in [0.4, 0.5) is 5.69 Å². The summed E-state index contributed by atoms with van der Waals surface area (Å²) in [4.78, 5) is 4.31. The van der Waals surface area contributed by atoms with Gasteiger partial charge in [0.1, 0.15) is 10.8 Å². The molecule has 1 aromatic carbocycles. The van der Waals surface area contributed by atoms with Crippen molar-refractivity contribution in [3.05, 3.63) is 40.8 Å². The van der Waals surface area contributed by atoms with E-state index in [1.807, 2.05) is 35.8 Å². The van der Waals surface area contributed by atoms with Crippen molar-refractivity contribution in [2.75, 3.05) is 11.9 Å². The van der Waals surface area contributed by atoms with Crippen LogP contribution in [0.15, 0.2) is 35.8 Å². The van der Waals surface area contributed by atoms with E-state index in [4.69, 9.17) is 4.74 Å². The zero-order valence-electron chi connectivity index (χ0n) is 10.7. The summed E-state index contributed by atoms with van der Waals surface area (Å²) >= 11 is 1.66. The summed E-state index contributed by atoms with van der Waals surface area (Å²) in [6.07, 6.45) is 2.85. The first-order valence-corrected chi connectivity index (χ1v) is 7.06. The van der Waals surface area contributed by atoms with Crippen LogP contribution in [-0.2, 0) is 0 Å². The Balaban J connectivity index is 2.00. The van der Waals surface area contributed by atoms with E-state index in [0.29, 0.717) is 0 Å². The summed E-state index contributed by atoms with van der Waals surface area (Å²) in [6, 6.07) is 8.27. The van der Waals surface area contributed by atoms with Crippen molar-refractivity contribution >= 4 is 17.0 Å². The van der Waals surface area contributed by atoms with Gasteiger partial charge in [-0.2, -0.15) is 0 Å². The molecule has 0 aliphatic rings. The normalized spacial score (nSPS) is 12.1. The highest BCUT2D eigenvalue weighted by atomic mass is 32.1. The van der Waals surface area contributed by atoms with Crippen LogP contribution in [0.3, 0.4) is 0 Å². The Bertz CT molecular complexity index is 470. The van der Waals surface area contributed by atoms with E-state index in [1.165, 1.54) is 0 Å².